The lowest BCUT2D eigenvalue weighted by atomic mass is 10.2. The van der Waals surface area contributed by atoms with Crippen LogP contribution in [-0.2, 0) is 11.3 Å². The van der Waals surface area contributed by atoms with Crippen LogP contribution in [-0.4, -0.2) is 33.0 Å². The number of ether oxygens (including phenoxy) is 2. The number of pyridine rings is 1. The van der Waals surface area contributed by atoms with E-state index in [1.807, 2.05) is 0 Å². The molecule has 1 amide bonds. The summed E-state index contributed by atoms with van der Waals surface area (Å²) in [6.45, 7) is 1.14. The molecule has 1 aromatic heterocycles. The normalized spacial score (nSPS) is 11.3. The third kappa shape index (κ3) is 6.00. The summed E-state index contributed by atoms with van der Waals surface area (Å²) in [6.07, 6.45) is 0.241. The number of carbonyl (C=O) groups excluding carboxylic acids is 1. The second-order valence-corrected chi connectivity index (χ2v) is 6.75. The number of aliphatic carboxylic acids is 1. The van der Waals surface area contributed by atoms with Gasteiger partial charge in [0.25, 0.3) is 11.6 Å². The fraction of sp³-hybridized carbons (Fsp3) is 0.136. The Bertz CT molecular complexity index is 1200. The maximum absolute atomic E-state index is 14.4. The lowest BCUT2D eigenvalue weighted by Gasteiger charge is -2.13. The molecule has 33 heavy (non-hydrogen) atoms. The number of aromatic nitrogens is 1. The topological polar surface area (TPSA) is 141 Å². The van der Waals surface area contributed by atoms with Gasteiger partial charge in [0.1, 0.15) is 22.9 Å². The molecule has 0 aliphatic carbocycles. The monoisotopic (exact) mass is 455 g/mol. The van der Waals surface area contributed by atoms with Crippen LogP contribution in [0.4, 0.5) is 10.1 Å². The number of hydrogen-bond donors (Lipinski definition) is 2. The van der Waals surface area contributed by atoms with Gasteiger partial charge < -0.3 is 19.9 Å². The maximum atomic E-state index is 14.4. The number of non-ortho nitro benzene ring substituents is 1. The van der Waals surface area contributed by atoms with Crippen molar-refractivity contribution >= 4 is 17.6 Å². The van der Waals surface area contributed by atoms with Gasteiger partial charge in [-0.2, -0.15) is 0 Å². The van der Waals surface area contributed by atoms with Crippen LogP contribution in [0.15, 0.2) is 60.8 Å². The summed E-state index contributed by atoms with van der Waals surface area (Å²) < 4.78 is 25.0. The number of hydrogen-bond acceptors (Lipinski definition) is 7. The largest absolute Gasteiger partial charge is 0.479 e. The predicted octanol–water partition coefficient (Wildman–Crippen LogP) is 3.70. The summed E-state index contributed by atoms with van der Waals surface area (Å²) in [7, 11) is 0. The smallest absolute Gasteiger partial charge is 0.344 e. The Morgan fingerprint density at radius 2 is 1.97 bits per heavy atom. The second-order valence-electron chi connectivity index (χ2n) is 6.75. The highest BCUT2D eigenvalue weighted by Crippen LogP contribution is 2.26. The van der Waals surface area contributed by atoms with Crippen molar-refractivity contribution in [3.63, 3.8) is 0 Å². The number of halogens is 1. The van der Waals surface area contributed by atoms with Gasteiger partial charge in [-0.25, -0.2) is 14.2 Å². The molecule has 10 nitrogen and oxygen atoms in total. The van der Waals surface area contributed by atoms with Gasteiger partial charge in [0.05, 0.1) is 11.0 Å². The van der Waals surface area contributed by atoms with Crippen molar-refractivity contribution in [2.24, 2.45) is 0 Å². The number of carboxylic acids is 1. The Morgan fingerprint density at radius 3 is 2.67 bits per heavy atom. The van der Waals surface area contributed by atoms with E-state index in [0.29, 0.717) is 0 Å². The molecule has 0 spiro atoms. The molecule has 0 aliphatic rings. The van der Waals surface area contributed by atoms with E-state index in [4.69, 9.17) is 14.6 Å². The standard InChI is InChI=1S/C22H18FN3O7/c1-13(22(28)29)32-17-8-7-14(19(23)11-17)12-25-20(27)18-6-3-9-24-21(18)33-16-5-2-4-15(10-16)26(30)31/h2-11,13H,12H2,1H3,(H,25,27)(H,28,29). The van der Waals surface area contributed by atoms with Gasteiger partial charge >= 0.3 is 5.97 Å². The lowest BCUT2D eigenvalue weighted by Crippen LogP contribution is -2.24. The molecule has 11 heteroatoms. The SMILES string of the molecule is CC(Oc1ccc(CNC(=O)c2cccnc2Oc2cccc([N+](=O)[O-])c2)c(F)c1)C(=O)O. The molecule has 3 aromatic rings. The van der Waals surface area contributed by atoms with Crippen molar-refractivity contribution in [1.29, 1.82) is 0 Å². The fourth-order valence-corrected chi connectivity index (χ4v) is 2.69. The third-order valence-corrected chi connectivity index (χ3v) is 4.38. The van der Waals surface area contributed by atoms with E-state index in [0.717, 1.165) is 6.07 Å². The molecular formula is C22H18FN3O7. The molecular weight excluding hydrogens is 437 g/mol. The quantitative estimate of drug-likeness (QED) is 0.368. The Balaban J connectivity index is 1.70. The molecule has 1 heterocycles. The van der Waals surface area contributed by atoms with E-state index in [1.54, 1.807) is 0 Å². The molecule has 0 bridgehead atoms. The van der Waals surface area contributed by atoms with Crippen molar-refractivity contribution in [2.45, 2.75) is 19.6 Å². The molecule has 0 fully saturated rings. The van der Waals surface area contributed by atoms with Gasteiger partial charge in [0.15, 0.2) is 6.10 Å². The van der Waals surface area contributed by atoms with Crippen molar-refractivity contribution < 1.29 is 33.5 Å². The first-order valence-corrected chi connectivity index (χ1v) is 9.58. The van der Waals surface area contributed by atoms with E-state index in [2.05, 4.69) is 10.3 Å². The van der Waals surface area contributed by atoms with E-state index in [9.17, 15) is 24.1 Å². The summed E-state index contributed by atoms with van der Waals surface area (Å²) in [4.78, 5) is 37.9. The number of nitro groups is 1. The van der Waals surface area contributed by atoms with Crippen LogP contribution in [0.1, 0.15) is 22.8 Å². The van der Waals surface area contributed by atoms with Crippen LogP contribution in [0.5, 0.6) is 17.4 Å². The zero-order valence-electron chi connectivity index (χ0n) is 17.2. The molecule has 0 radical (unpaired) electrons. The number of carboxylic acid groups (broad SMARTS) is 1. The van der Waals surface area contributed by atoms with Crippen LogP contribution < -0.4 is 14.8 Å². The summed E-state index contributed by atoms with van der Waals surface area (Å²) in [5.74, 6) is -2.41. The number of amides is 1. The molecule has 0 saturated carbocycles. The number of nitrogens with zero attached hydrogens (tertiary/aromatic N) is 2. The highest BCUT2D eigenvalue weighted by molar-refractivity contribution is 5.96. The van der Waals surface area contributed by atoms with Gasteiger partial charge in [-0.1, -0.05) is 12.1 Å². The van der Waals surface area contributed by atoms with E-state index in [1.165, 1.54) is 61.7 Å². The van der Waals surface area contributed by atoms with Crippen LogP contribution in [0.25, 0.3) is 0 Å². The minimum absolute atomic E-state index is 0.0392. The molecule has 1 atom stereocenters. The van der Waals surface area contributed by atoms with Crippen LogP contribution in [0.2, 0.25) is 0 Å². The van der Waals surface area contributed by atoms with Crippen LogP contribution in [0.3, 0.4) is 0 Å². The first-order chi connectivity index (χ1) is 15.7. The zero-order valence-corrected chi connectivity index (χ0v) is 17.2. The first kappa shape index (κ1) is 23.1. The van der Waals surface area contributed by atoms with Gasteiger partial charge in [0.2, 0.25) is 5.88 Å². The van der Waals surface area contributed by atoms with Crippen LogP contribution in [0, 0.1) is 15.9 Å². The van der Waals surface area contributed by atoms with Crippen molar-refractivity contribution in [3.05, 3.63) is 87.9 Å². The molecule has 1 unspecified atom stereocenters. The number of rotatable bonds is 9. The summed E-state index contributed by atoms with van der Waals surface area (Å²) in [5.41, 5.74) is -0.00143. The summed E-state index contributed by atoms with van der Waals surface area (Å²) in [5, 5.41) is 22.3. The molecule has 170 valence electrons. The number of nitro benzene ring substituents is 1. The highest BCUT2D eigenvalue weighted by atomic mass is 19.1. The average Bonchev–Trinajstić information content (AvgIpc) is 2.78. The number of nitrogens with one attached hydrogen (secondary N) is 1. The second kappa shape index (κ2) is 10.2. The Hall–Kier alpha value is -4.54. The lowest BCUT2D eigenvalue weighted by molar-refractivity contribution is -0.384. The predicted molar refractivity (Wildman–Crippen MR) is 113 cm³/mol. The van der Waals surface area contributed by atoms with Gasteiger partial charge in [-0.05, 0) is 31.2 Å². The third-order valence-electron chi connectivity index (χ3n) is 4.38. The van der Waals surface area contributed by atoms with Gasteiger partial charge in [-0.15, -0.1) is 0 Å². The Labute approximate surface area is 186 Å². The minimum Gasteiger partial charge on any atom is -0.479 e. The maximum Gasteiger partial charge on any atom is 0.344 e. The van der Waals surface area contributed by atoms with E-state index < -0.39 is 28.7 Å². The van der Waals surface area contributed by atoms with Gasteiger partial charge in [-0.3, -0.25) is 14.9 Å². The highest BCUT2D eigenvalue weighted by Gasteiger charge is 2.17. The van der Waals surface area contributed by atoms with E-state index >= 15 is 0 Å². The summed E-state index contributed by atoms with van der Waals surface area (Å²) >= 11 is 0. The molecule has 0 aliphatic heterocycles. The Kier molecular flexibility index (Phi) is 7.13. The number of carbonyl (C=O) groups is 2. The fourth-order valence-electron chi connectivity index (χ4n) is 2.69. The summed E-state index contributed by atoms with van der Waals surface area (Å²) in [6, 6.07) is 12.1. The zero-order chi connectivity index (χ0) is 24.0. The average molecular weight is 455 g/mol. The van der Waals surface area contributed by atoms with Crippen molar-refractivity contribution in [3.8, 4) is 17.4 Å². The molecule has 2 N–H and O–H groups in total. The van der Waals surface area contributed by atoms with E-state index in [-0.39, 0.29) is 40.7 Å². The molecule has 0 saturated heterocycles. The molecule has 3 rings (SSSR count). The number of benzene rings is 2. The minimum atomic E-state index is -1.19. The van der Waals surface area contributed by atoms with Crippen LogP contribution >= 0.6 is 0 Å². The van der Waals surface area contributed by atoms with Crippen molar-refractivity contribution in [1.82, 2.24) is 10.3 Å². The molecule has 2 aromatic carbocycles. The Morgan fingerprint density at radius 1 is 1.18 bits per heavy atom. The van der Waals surface area contributed by atoms with Crippen molar-refractivity contribution in [2.75, 3.05) is 0 Å². The van der Waals surface area contributed by atoms with Gasteiger partial charge in [0, 0.05) is 30.4 Å². The first-order valence-electron chi connectivity index (χ1n) is 9.58.